The zero-order valence-corrected chi connectivity index (χ0v) is 11.7. The van der Waals surface area contributed by atoms with E-state index >= 15 is 0 Å². The molecular formula is C14H12N2OS2. The standard InChI is InChI=1S/C14H12N2OS2/c15-11-2-1-3-13(6-11)17-7-12-9-19-14(16-12)10-4-5-18-8-10/h1-6,8-9H,7,15H2. The van der Waals surface area contributed by atoms with Crippen molar-refractivity contribution in [3.05, 3.63) is 52.2 Å². The molecular weight excluding hydrogens is 276 g/mol. The number of thiazole rings is 1. The van der Waals surface area contributed by atoms with Crippen LogP contribution in [0.3, 0.4) is 0 Å². The summed E-state index contributed by atoms with van der Waals surface area (Å²) in [5.41, 5.74) is 8.52. The van der Waals surface area contributed by atoms with Crippen molar-refractivity contribution < 1.29 is 4.74 Å². The molecule has 0 aliphatic rings. The van der Waals surface area contributed by atoms with Crippen molar-refractivity contribution in [2.45, 2.75) is 6.61 Å². The second-order valence-corrected chi connectivity index (χ2v) is 5.66. The predicted molar refractivity (Wildman–Crippen MR) is 80.6 cm³/mol. The second kappa shape index (κ2) is 5.42. The lowest BCUT2D eigenvalue weighted by Gasteiger charge is -2.04. The van der Waals surface area contributed by atoms with Gasteiger partial charge in [0.15, 0.2) is 0 Å². The van der Waals surface area contributed by atoms with Crippen molar-refractivity contribution >= 4 is 28.4 Å². The summed E-state index contributed by atoms with van der Waals surface area (Å²) in [5, 5.41) is 7.22. The molecule has 1 aromatic carbocycles. The van der Waals surface area contributed by atoms with Crippen molar-refractivity contribution in [3.63, 3.8) is 0 Å². The molecule has 0 bridgehead atoms. The van der Waals surface area contributed by atoms with Crippen LogP contribution >= 0.6 is 22.7 Å². The van der Waals surface area contributed by atoms with E-state index in [-0.39, 0.29) is 0 Å². The molecule has 0 unspecified atom stereocenters. The van der Waals surface area contributed by atoms with E-state index in [1.54, 1.807) is 22.7 Å². The van der Waals surface area contributed by atoms with Crippen molar-refractivity contribution in [1.82, 2.24) is 4.98 Å². The Bertz CT molecular complexity index is 662. The van der Waals surface area contributed by atoms with E-state index in [1.807, 2.05) is 29.6 Å². The summed E-state index contributed by atoms with van der Waals surface area (Å²) in [6.45, 7) is 0.462. The van der Waals surface area contributed by atoms with Gasteiger partial charge >= 0.3 is 0 Å². The summed E-state index contributed by atoms with van der Waals surface area (Å²) in [5.74, 6) is 0.769. The molecule has 0 fully saturated rings. The van der Waals surface area contributed by atoms with Crippen LogP contribution in [-0.2, 0) is 6.61 Å². The molecule has 0 saturated carbocycles. The van der Waals surface area contributed by atoms with Crippen LogP contribution in [0.2, 0.25) is 0 Å². The largest absolute Gasteiger partial charge is 0.487 e. The zero-order valence-electron chi connectivity index (χ0n) is 10.1. The fourth-order valence-corrected chi connectivity index (χ4v) is 3.17. The Morgan fingerprint density at radius 1 is 1.21 bits per heavy atom. The summed E-state index contributed by atoms with van der Waals surface area (Å²) < 4.78 is 5.67. The molecule has 0 aliphatic heterocycles. The lowest BCUT2D eigenvalue weighted by molar-refractivity contribution is 0.302. The Balaban J connectivity index is 1.68. The molecule has 3 aromatic rings. The minimum atomic E-state index is 0.462. The van der Waals surface area contributed by atoms with Gasteiger partial charge in [-0.25, -0.2) is 4.98 Å². The first-order valence-electron chi connectivity index (χ1n) is 5.76. The van der Waals surface area contributed by atoms with E-state index in [4.69, 9.17) is 10.5 Å². The van der Waals surface area contributed by atoms with Crippen molar-refractivity contribution in [1.29, 1.82) is 0 Å². The number of aromatic nitrogens is 1. The molecule has 0 saturated heterocycles. The summed E-state index contributed by atoms with van der Waals surface area (Å²) in [6.07, 6.45) is 0. The molecule has 2 heterocycles. The molecule has 3 nitrogen and oxygen atoms in total. The minimum Gasteiger partial charge on any atom is -0.487 e. The summed E-state index contributed by atoms with van der Waals surface area (Å²) in [7, 11) is 0. The van der Waals surface area contributed by atoms with E-state index in [9.17, 15) is 0 Å². The summed E-state index contributed by atoms with van der Waals surface area (Å²) >= 11 is 3.31. The van der Waals surface area contributed by atoms with Crippen molar-refractivity contribution in [2.75, 3.05) is 5.73 Å². The normalized spacial score (nSPS) is 10.5. The van der Waals surface area contributed by atoms with Crippen LogP contribution in [0.15, 0.2) is 46.5 Å². The molecule has 96 valence electrons. The van der Waals surface area contributed by atoms with Gasteiger partial charge in [-0.3, -0.25) is 0 Å². The molecule has 5 heteroatoms. The van der Waals surface area contributed by atoms with E-state index in [0.717, 1.165) is 16.5 Å². The average molecular weight is 288 g/mol. The minimum absolute atomic E-state index is 0.462. The first-order chi connectivity index (χ1) is 9.31. The van der Waals surface area contributed by atoms with Gasteiger partial charge in [0.25, 0.3) is 0 Å². The maximum Gasteiger partial charge on any atom is 0.131 e. The number of hydrogen-bond donors (Lipinski definition) is 1. The SMILES string of the molecule is Nc1cccc(OCc2csc(-c3ccsc3)n2)c1. The van der Waals surface area contributed by atoms with Gasteiger partial charge in [-0.1, -0.05) is 6.07 Å². The molecule has 0 radical (unpaired) electrons. The molecule has 3 rings (SSSR count). The van der Waals surface area contributed by atoms with E-state index < -0.39 is 0 Å². The molecule has 0 amide bonds. The Labute approximate surface area is 119 Å². The van der Waals surface area contributed by atoms with Crippen LogP contribution < -0.4 is 10.5 Å². The van der Waals surface area contributed by atoms with Crippen LogP contribution in [-0.4, -0.2) is 4.98 Å². The van der Waals surface area contributed by atoms with Crippen LogP contribution in [0, 0.1) is 0 Å². The lowest BCUT2D eigenvalue weighted by atomic mass is 10.3. The first-order valence-corrected chi connectivity index (χ1v) is 7.59. The third kappa shape index (κ3) is 2.94. The number of hydrogen-bond acceptors (Lipinski definition) is 5. The van der Waals surface area contributed by atoms with Gasteiger partial charge in [-0.2, -0.15) is 11.3 Å². The van der Waals surface area contributed by atoms with Crippen molar-refractivity contribution in [2.24, 2.45) is 0 Å². The predicted octanol–water partition coefficient (Wildman–Crippen LogP) is 4.03. The third-order valence-electron chi connectivity index (χ3n) is 2.56. The molecule has 2 aromatic heterocycles. The third-order valence-corrected chi connectivity index (χ3v) is 4.19. The Morgan fingerprint density at radius 2 is 2.16 bits per heavy atom. The molecule has 2 N–H and O–H groups in total. The quantitative estimate of drug-likeness (QED) is 0.737. The Morgan fingerprint density at radius 3 is 2.95 bits per heavy atom. The number of nitrogens with zero attached hydrogens (tertiary/aromatic N) is 1. The maximum absolute atomic E-state index is 5.70. The van der Waals surface area contributed by atoms with Gasteiger partial charge < -0.3 is 10.5 Å². The lowest BCUT2D eigenvalue weighted by Crippen LogP contribution is -1.96. The van der Waals surface area contributed by atoms with Gasteiger partial charge in [-0.15, -0.1) is 11.3 Å². The number of benzene rings is 1. The number of nitrogens with two attached hydrogens (primary N) is 1. The van der Waals surface area contributed by atoms with E-state index in [0.29, 0.717) is 12.3 Å². The second-order valence-electron chi connectivity index (χ2n) is 4.02. The fraction of sp³-hybridized carbons (Fsp3) is 0.0714. The fourth-order valence-electron chi connectivity index (χ4n) is 1.65. The smallest absolute Gasteiger partial charge is 0.131 e. The van der Waals surface area contributed by atoms with Gasteiger partial charge in [-0.05, 0) is 23.6 Å². The van der Waals surface area contributed by atoms with Crippen LogP contribution in [0.5, 0.6) is 5.75 Å². The zero-order chi connectivity index (χ0) is 13.1. The number of ether oxygens (including phenoxy) is 1. The number of nitrogen functional groups attached to an aromatic ring is 1. The van der Waals surface area contributed by atoms with Gasteiger partial charge in [0, 0.05) is 28.1 Å². The molecule has 0 spiro atoms. The Kier molecular flexibility index (Phi) is 3.48. The van der Waals surface area contributed by atoms with E-state index in [2.05, 4.69) is 21.8 Å². The Hall–Kier alpha value is -1.85. The highest BCUT2D eigenvalue weighted by Crippen LogP contribution is 2.26. The number of anilines is 1. The van der Waals surface area contributed by atoms with Gasteiger partial charge in [0.2, 0.25) is 0 Å². The summed E-state index contributed by atoms with van der Waals surface area (Å²) in [6, 6.07) is 9.49. The average Bonchev–Trinajstić information content (AvgIpc) is 3.07. The molecule has 19 heavy (non-hydrogen) atoms. The van der Waals surface area contributed by atoms with Crippen LogP contribution in [0.4, 0.5) is 5.69 Å². The first kappa shape index (κ1) is 12.2. The highest BCUT2D eigenvalue weighted by molar-refractivity contribution is 7.14. The molecule has 0 atom stereocenters. The highest BCUT2D eigenvalue weighted by atomic mass is 32.1. The summed E-state index contributed by atoms with van der Waals surface area (Å²) in [4.78, 5) is 4.56. The topological polar surface area (TPSA) is 48.1 Å². The van der Waals surface area contributed by atoms with Gasteiger partial charge in [0.05, 0.1) is 5.69 Å². The highest BCUT2D eigenvalue weighted by Gasteiger charge is 2.05. The van der Waals surface area contributed by atoms with Crippen LogP contribution in [0.1, 0.15) is 5.69 Å². The maximum atomic E-state index is 5.70. The van der Waals surface area contributed by atoms with E-state index in [1.165, 1.54) is 5.56 Å². The van der Waals surface area contributed by atoms with Gasteiger partial charge in [0.1, 0.15) is 17.4 Å². The number of thiophene rings is 1. The van der Waals surface area contributed by atoms with Crippen LogP contribution in [0.25, 0.3) is 10.6 Å². The number of rotatable bonds is 4. The van der Waals surface area contributed by atoms with Crippen molar-refractivity contribution in [3.8, 4) is 16.3 Å². The monoisotopic (exact) mass is 288 g/mol. The molecule has 0 aliphatic carbocycles.